The highest BCUT2D eigenvalue weighted by Crippen LogP contribution is 2.07. The van der Waals surface area contributed by atoms with E-state index in [4.69, 9.17) is 5.73 Å². The Balaban J connectivity index is 2.12. The van der Waals surface area contributed by atoms with E-state index in [1.165, 1.54) is 44.9 Å². The van der Waals surface area contributed by atoms with Crippen molar-refractivity contribution in [1.82, 2.24) is 10.2 Å². The molecule has 0 atom stereocenters. The first-order chi connectivity index (χ1) is 12.0. The highest BCUT2D eigenvalue weighted by molar-refractivity contribution is 5.97. The second-order valence-corrected chi connectivity index (χ2v) is 6.62. The summed E-state index contributed by atoms with van der Waals surface area (Å²) in [6.07, 6.45) is 9.18. The Bertz CT molecular complexity index is 514. The van der Waals surface area contributed by atoms with Gasteiger partial charge in [-0.05, 0) is 44.3 Å². The molecule has 3 N–H and O–H groups in total. The lowest BCUT2D eigenvalue weighted by Gasteiger charge is -2.16. The molecule has 0 saturated carbocycles. The van der Waals surface area contributed by atoms with Crippen LogP contribution in [0, 0.1) is 0 Å². The fraction of sp³-hybridized carbons (Fsp3) is 0.600. The molecule has 25 heavy (non-hydrogen) atoms. The largest absolute Gasteiger partial charge is 0.366 e. The van der Waals surface area contributed by atoms with Crippen molar-refractivity contribution in [2.24, 2.45) is 5.73 Å². The molecule has 0 aliphatic rings. The van der Waals surface area contributed by atoms with Crippen LogP contribution in [0.25, 0.3) is 0 Å². The molecule has 0 aromatic heterocycles. The molecule has 0 radical (unpaired) electrons. The van der Waals surface area contributed by atoms with Gasteiger partial charge < -0.3 is 16.0 Å². The van der Waals surface area contributed by atoms with Crippen molar-refractivity contribution in [2.45, 2.75) is 51.9 Å². The Morgan fingerprint density at radius 3 is 2.08 bits per heavy atom. The number of nitrogens with one attached hydrogen (secondary N) is 1. The summed E-state index contributed by atoms with van der Waals surface area (Å²) in [7, 11) is 2.09. The quantitative estimate of drug-likeness (QED) is 0.538. The molecule has 1 rings (SSSR count). The number of amides is 2. The number of hydrogen-bond donors (Lipinski definition) is 2. The normalized spacial score (nSPS) is 10.8. The van der Waals surface area contributed by atoms with E-state index < -0.39 is 5.91 Å². The molecule has 0 bridgehead atoms. The number of benzene rings is 1. The van der Waals surface area contributed by atoms with Crippen LogP contribution in [0.2, 0.25) is 0 Å². The van der Waals surface area contributed by atoms with Crippen LogP contribution in [-0.4, -0.2) is 43.4 Å². The van der Waals surface area contributed by atoms with Gasteiger partial charge in [0.1, 0.15) is 0 Å². The predicted molar refractivity (Wildman–Crippen MR) is 103 cm³/mol. The number of likely N-dealkylation sites (N-methyl/N-ethyl adjacent to an activating group) is 1. The van der Waals surface area contributed by atoms with E-state index in [0.29, 0.717) is 17.7 Å². The van der Waals surface area contributed by atoms with Crippen molar-refractivity contribution in [3.8, 4) is 0 Å². The maximum atomic E-state index is 12.0. The molecule has 1 aromatic carbocycles. The molecular formula is C20H33N3O2. The molecule has 5 heteroatoms. The average Bonchev–Trinajstić information content (AvgIpc) is 2.61. The van der Waals surface area contributed by atoms with Crippen LogP contribution in [0.1, 0.15) is 72.6 Å². The Hall–Kier alpha value is -1.88. The third kappa shape index (κ3) is 9.25. The average molecular weight is 348 g/mol. The summed E-state index contributed by atoms with van der Waals surface area (Å²) in [4.78, 5) is 25.3. The molecule has 0 unspecified atom stereocenters. The first kappa shape index (κ1) is 21.2. The minimum absolute atomic E-state index is 0.125. The molecule has 0 aliphatic heterocycles. The van der Waals surface area contributed by atoms with Crippen LogP contribution in [0.4, 0.5) is 0 Å². The van der Waals surface area contributed by atoms with Crippen LogP contribution in [0.5, 0.6) is 0 Å². The Morgan fingerprint density at radius 2 is 1.48 bits per heavy atom. The monoisotopic (exact) mass is 347 g/mol. The summed E-state index contributed by atoms with van der Waals surface area (Å²) in [5.41, 5.74) is 6.14. The van der Waals surface area contributed by atoms with Gasteiger partial charge in [-0.1, -0.05) is 45.4 Å². The highest BCUT2D eigenvalue weighted by atomic mass is 16.2. The maximum Gasteiger partial charge on any atom is 0.251 e. The molecule has 5 nitrogen and oxygen atoms in total. The second-order valence-electron chi connectivity index (χ2n) is 6.62. The zero-order valence-corrected chi connectivity index (χ0v) is 15.7. The van der Waals surface area contributed by atoms with Crippen LogP contribution < -0.4 is 11.1 Å². The number of carbonyl (C=O) groups excluding carboxylic acids is 2. The highest BCUT2D eigenvalue weighted by Gasteiger charge is 2.07. The van der Waals surface area contributed by atoms with Gasteiger partial charge in [-0.25, -0.2) is 0 Å². The summed E-state index contributed by atoms with van der Waals surface area (Å²) < 4.78 is 0. The fourth-order valence-electron chi connectivity index (χ4n) is 2.70. The van der Waals surface area contributed by atoms with Crippen molar-refractivity contribution in [3.05, 3.63) is 35.4 Å². The topological polar surface area (TPSA) is 75.4 Å². The number of nitrogens with zero attached hydrogens (tertiary/aromatic N) is 1. The Labute approximate surface area is 152 Å². The summed E-state index contributed by atoms with van der Waals surface area (Å²) in [5.74, 6) is -0.612. The molecule has 0 aliphatic carbocycles. The zero-order chi connectivity index (χ0) is 18.5. The number of primary amides is 1. The Kier molecular flexibility index (Phi) is 10.6. The summed E-state index contributed by atoms with van der Waals surface area (Å²) >= 11 is 0. The van der Waals surface area contributed by atoms with Crippen molar-refractivity contribution < 1.29 is 9.59 Å². The number of nitrogens with two attached hydrogens (primary N) is 1. The Morgan fingerprint density at radius 1 is 0.920 bits per heavy atom. The van der Waals surface area contributed by atoms with Crippen molar-refractivity contribution in [2.75, 3.05) is 26.7 Å². The number of hydrogen-bond acceptors (Lipinski definition) is 3. The fourth-order valence-corrected chi connectivity index (χ4v) is 2.70. The minimum atomic E-state index is -0.487. The molecule has 0 heterocycles. The maximum absolute atomic E-state index is 12.0. The molecular weight excluding hydrogens is 314 g/mol. The van der Waals surface area contributed by atoms with Gasteiger partial charge in [-0.2, -0.15) is 0 Å². The first-order valence-corrected chi connectivity index (χ1v) is 9.41. The number of carbonyl (C=O) groups is 2. The van der Waals surface area contributed by atoms with Crippen LogP contribution in [0.3, 0.4) is 0 Å². The van der Waals surface area contributed by atoms with Gasteiger partial charge >= 0.3 is 0 Å². The zero-order valence-electron chi connectivity index (χ0n) is 15.7. The van der Waals surface area contributed by atoms with E-state index in [2.05, 4.69) is 24.2 Å². The number of rotatable bonds is 13. The van der Waals surface area contributed by atoms with Crippen LogP contribution >= 0.6 is 0 Å². The first-order valence-electron chi connectivity index (χ1n) is 9.41. The molecule has 2 amide bonds. The lowest BCUT2D eigenvalue weighted by molar-refractivity contribution is 0.0947. The van der Waals surface area contributed by atoms with Gasteiger partial charge in [0, 0.05) is 24.2 Å². The van der Waals surface area contributed by atoms with Crippen molar-refractivity contribution in [1.29, 1.82) is 0 Å². The SMILES string of the molecule is CCCCCCCCCN(C)CCNC(=O)c1ccc(C(N)=O)cc1. The molecule has 0 saturated heterocycles. The van der Waals surface area contributed by atoms with Crippen molar-refractivity contribution in [3.63, 3.8) is 0 Å². The van der Waals surface area contributed by atoms with Gasteiger partial charge in [0.15, 0.2) is 0 Å². The minimum Gasteiger partial charge on any atom is -0.366 e. The summed E-state index contributed by atoms with van der Waals surface area (Å²) in [6.45, 7) is 4.76. The molecule has 1 aromatic rings. The standard InChI is InChI=1S/C20H33N3O2/c1-3-4-5-6-7-8-9-15-23(2)16-14-22-20(25)18-12-10-17(11-13-18)19(21)24/h10-13H,3-9,14-16H2,1-2H3,(H2,21,24)(H,22,25). The van der Waals surface area contributed by atoms with Gasteiger partial charge in [0.2, 0.25) is 5.91 Å². The van der Waals surface area contributed by atoms with E-state index in [1.54, 1.807) is 24.3 Å². The molecule has 0 spiro atoms. The van der Waals surface area contributed by atoms with E-state index in [1.807, 2.05) is 0 Å². The van der Waals surface area contributed by atoms with Gasteiger partial charge in [0.05, 0.1) is 0 Å². The van der Waals surface area contributed by atoms with E-state index in [9.17, 15) is 9.59 Å². The second kappa shape index (κ2) is 12.5. The number of unbranched alkanes of at least 4 members (excludes halogenated alkanes) is 6. The third-order valence-electron chi connectivity index (χ3n) is 4.35. The van der Waals surface area contributed by atoms with Crippen LogP contribution in [-0.2, 0) is 0 Å². The van der Waals surface area contributed by atoms with E-state index >= 15 is 0 Å². The smallest absolute Gasteiger partial charge is 0.251 e. The van der Waals surface area contributed by atoms with Gasteiger partial charge in [-0.15, -0.1) is 0 Å². The molecule has 140 valence electrons. The van der Waals surface area contributed by atoms with E-state index in [0.717, 1.165) is 13.1 Å². The van der Waals surface area contributed by atoms with Crippen molar-refractivity contribution >= 4 is 11.8 Å². The van der Waals surface area contributed by atoms with Crippen LogP contribution in [0.15, 0.2) is 24.3 Å². The lowest BCUT2D eigenvalue weighted by atomic mass is 10.1. The molecule has 0 fully saturated rings. The van der Waals surface area contributed by atoms with Gasteiger partial charge in [0.25, 0.3) is 5.91 Å². The lowest BCUT2D eigenvalue weighted by Crippen LogP contribution is -2.33. The van der Waals surface area contributed by atoms with Gasteiger partial charge in [-0.3, -0.25) is 9.59 Å². The summed E-state index contributed by atoms with van der Waals surface area (Å²) in [5, 5.41) is 2.91. The van der Waals surface area contributed by atoms with E-state index in [-0.39, 0.29) is 5.91 Å². The summed E-state index contributed by atoms with van der Waals surface area (Å²) in [6, 6.07) is 6.39. The third-order valence-corrected chi connectivity index (χ3v) is 4.35. The predicted octanol–water partition coefficient (Wildman–Crippen LogP) is 3.20.